The summed E-state index contributed by atoms with van der Waals surface area (Å²) in [6.07, 6.45) is 0.502. The van der Waals surface area contributed by atoms with E-state index >= 15 is 0 Å². The van der Waals surface area contributed by atoms with Crippen molar-refractivity contribution < 1.29 is 34.8 Å². The van der Waals surface area contributed by atoms with Crippen LogP contribution in [0.1, 0.15) is 17.2 Å². The van der Waals surface area contributed by atoms with Gasteiger partial charge in [-0.1, -0.05) is 58.5 Å². The zero-order chi connectivity index (χ0) is 26.1. The summed E-state index contributed by atoms with van der Waals surface area (Å²) < 4.78 is 8.05. The van der Waals surface area contributed by atoms with Gasteiger partial charge in [-0.05, 0) is 29.8 Å². The summed E-state index contributed by atoms with van der Waals surface area (Å²) in [4.78, 5) is 23.6. The van der Waals surface area contributed by atoms with Crippen LogP contribution < -0.4 is 0 Å². The van der Waals surface area contributed by atoms with E-state index in [0.717, 1.165) is 11.1 Å². The van der Waals surface area contributed by atoms with Crippen molar-refractivity contribution in [1.29, 1.82) is 0 Å². The van der Waals surface area contributed by atoms with Crippen molar-refractivity contribution in [2.75, 3.05) is 0 Å². The molecular weight excluding hydrogens is 546 g/mol. The first-order valence-electron chi connectivity index (χ1n) is 9.77. The summed E-state index contributed by atoms with van der Waals surface area (Å²) in [5.41, 5.74) is 1.71. The number of imidazole rings is 1. The Labute approximate surface area is 220 Å². The van der Waals surface area contributed by atoms with E-state index < -0.39 is 24.1 Å². The summed E-state index contributed by atoms with van der Waals surface area (Å²) in [6.45, 7) is 0.890. The zero-order valence-electron chi connectivity index (χ0n) is 17.8. The topological polar surface area (TPSA) is 142 Å². The van der Waals surface area contributed by atoms with Gasteiger partial charge in [0, 0.05) is 38.0 Å². The molecule has 0 bridgehead atoms. The Morgan fingerprint density at radius 3 is 1.97 bits per heavy atom. The van der Waals surface area contributed by atoms with E-state index in [0.29, 0.717) is 33.2 Å². The van der Waals surface area contributed by atoms with Crippen molar-refractivity contribution >= 4 is 58.3 Å². The second kappa shape index (κ2) is 13.6. The molecule has 0 fully saturated rings. The van der Waals surface area contributed by atoms with E-state index in [1.165, 1.54) is 0 Å². The molecule has 13 heteroatoms. The Balaban J connectivity index is 0.000000367. The molecule has 188 valence electrons. The number of aliphatic carboxylic acids is 2. The number of rotatable bonds is 9. The third-order valence-corrected chi connectivity index (χ3v) is 5.65. The van der Waals surface area contributed by atoms with E-state index in [-0.39, 0.29) is 6.10 Å². The lowest BCUT2D eigenvalue weighted by Gasteiger charge is -2.21. The van der Waals surface area contributed by atoms with Gasteiger partial charge in [0.25, 0.3) is 0 Å². The molecular formula is C22H20Cl4N2O7. The molecule has 0 amide bonds. The Kier molecular flexibility index (Phi) is 11.3. The molecule has 2 unspecified atom stereocenters. The fraction of sp³-hybridized carbons (Fsp3) is 0.227. The lowest BCUT2D eigenvalue weighted by molar-refractivity contribution is -0.165. The predicted molar refractivity (Wildman–Crippen MR) is 130 cm³/mol. The standard InChI is InChI=1S/C18H14Cl4N2O.C4H6O6/c19-13-2-1-12(16(21)7-13)10-25-18(9-24-6-5-23-11-24)15-4-3-14(20)8-17(15)22;5-1(3(7)8)2(6)4(9)10/h1-8,11,18H,9-10H2;1-2,5-6H,(H,7,8)(H,9,10)/t18-;/m0./s1. The number of aromatic nitrogens is 2. The van der Waals surface area contributed by atoms with Gasteiger partial charge in [-0.2, -0.15) is 0 Å². The maximum absolute atomic E-state index is 9.77. The second-order valence-electron chi connectivity index (χ2n) is 7.03. The highest BCUT2D eigenvalue weighted by atomic mass is 35.5. The van der Waals surface area contributed by atoms with Gasteiger partial charge >= 0.3 is 11.9 Å². The monoisotopic (exact) mass is 564 g/mol. The molecule has 3 atom stereocenters. The molecule has 9 nitrogen and oxygen atoms in total. The molecule has 3 aromatic rings. The van der Waals surface area contributed by atoms with E-state index in [1.807, 2.05) is 22.9 Å². The largest absolute Gasteiger partial charge is 0.479 e. The molecule has 0 aliphatic heterocycles. The fourth-order valence-corrected chi connectivity index (χ4v) is 3.68. The van der Waals surface area contributed by atoms with Crippen LogP contribution in [0.3, 0.4) is 0 Å². The van der Waals surface area contributed by atoms with E-state index in [1.54, 1.807) is 36.8 Å². The lowest BCUT2D eigenvalue weighted by atomic mass is 10.1. The van der Waals surface area contributed by atoms with Gasteiger partial charge in [0.1, 0.15) is 6.10 Å². The van der Waals surface area contributed by atoms with Gasteiger partial charge in [-0.15, -0.1) is 0 Å². The summed E-state index contributed by atoms with van der Waals surface area (Å²) in [7, 11) is 0. The van der Waals surface area contributed by atoms with Crippen LogP contribution in [0.5, 0.6) is 0 Å². The molecule has 1 heterocycles. The SMILES string of the molecule is Clc1ccc(CO[C@@H](Cn2ccnc2)c2ccc(Cl)cc2Cl)c(Cl)c1.O=C(O)C(O)C(O)C(=O)O. The zero-order valence-corrected chi connectivity index (χ0v) is 20.8. The van der Waals surface area contributed by atoms with Crippen LogP contribution in [-0.2, 0) is 27.5 Å². The number of carboxylic acid groups (broad SMARTS) is 2. The van der Waals surface area contributed by atoms with Crippen LogP contribution in [0.15, 0.2) is 55.1 Å². The fourth-order valence-electron chi connectivity index (χ4n) is 2.69. The molecule has 0 radical (unpaired) electrons. The quantitative estimate of drug-likeness (QED) is 0.300. The molecule has 0 aliphatic rings. The molecule has 0 saturated carbocycles. The molecule has 1 aromatic heterocycles. The second-order valence-corrected chi connectivity index (χ2v) is 8.71. The lowest BCUT2D eigenvalue weighted by Crippen LogP contribution is -2.39. The number of aliphatic hydroxyl groups excluding tert-OH is 2. The highest BCUT2D eigenvalue weighted by molar-refractivity contribution is 6.35. The summed E-state index contributed by atoms with van der Waals surface area (Å²) >= 11 is 24.5. The number of halogens is 4. The number of carboxylic acids is 2. The molecule has 35 heavy (non-hydrogen) atoms. The number of hydrogen-bond donors (Lipinski definition) is 4. The maximum atomic E-state index is 9.77. The average molecular weight is 566 g/mol. The smallest absolute Gasteiger partial charge is 0.335 e. The van der Waals surface area contributed by atoms with Gasteiger partial charge in [-0.3, -0.25) is 0 Å². The van der Waals surface area contributed by atoms with Gasteiger partial charge < -0.3 is 29.7 Å². The molecule has 3 rings (SSSR count). The van der Waals surface area contributed by atoms with E-state index in [9.17, 15) is 9.59 Å². The Hall–Kier alpha value is -2.37. The molecule has 0 spiro atoms. The van der Waals surface area contributed by atoms with E-state index in [4.69, 9.17) is 71.6 Å². The number of nitrogens with zero attached hydrogens (tertiary/aromatic N) is 2. The summed E-state index contributed by atoms with van der Waals surface area (Å²) in [6, 6.07) is 10.7. The highest BCUT2D eigenvalue weighted by Crippen LogP contribution is 2.31. The van der Waals surface area contributed by atoms with Crippen molar-refractivity contribution in [2.45, 2.75) is 31.5 Å². The average Bonchev–Trinajstić information content (AvgIpc) is 3.30. The Morgan fingerprint density at radius 1 is 0.914 bits per heavy atom. The van der Waals surface area contributed by atoms with Crippen molar-refractivity contribution in [1.82, 2.24) is 9.55 Å². The first-order chi connectivity index (χ1) is 16.5. The summed E-state index contributed by atoms with van der Waals surface area (Å²) in [5.74, 6) is -3.54. The van der Waals surface area contributed by atoms with E-state index in [2.05, 4.69) is 4.98 Å². The number of aliphatic hydroxyl groups is 2. The molecule has 2 aromatic carbocycles. The van der Waals surface area contributed by atoms with Crippen LogP contribution >= 0.6 is 46.4 Å². The Morgan fingerprint density at radius 2 is 1.49 bits per heavy atom. The minimum atomic E-state index is -2.27. The van der Waals surface area contributed by atoms with Crippen LogP contribution in [0.4, 0.5) is 0 Å². The highest BCUT2D eigenvalue weighted by Gasteiger charge is 2.29. The van der Waals surface area contributed by atoms with Crippen molar-refractivity contribution in [3.05, 3.63) is 86.3 Å². The van der Waals surface area contributed by atoms with Gasteiger partial charge in [-0.25, -0.2) is 14.6 Å². The van der Waals surface area contributed by atoms with Crippen LogP contribution in [-0.4, -0.2) is 54.1 Å². The molecule has 4 N–H and O–H groups in total. The number of hydrogen-bond acceptors (Lipinski definition) is 6. The van der Waals surface area contributed by atoms with Crippen molar-refractivity contribution in [2.24, 2.45) is 0 Å². The Bertz CT molecular complexity index is 1130. The van der Waals surface area contributed by atoms with Crippen LogP contribution in [0.2, 0.25) is 20.1 Å². The first kappa shape index (κ1) is 28.9. The number of benzene rings is 2. The molecule has 0 saturated heterocycles. The van der Waals surface area contributed by atoms with Crippen molar-refractivity contribution in [3.8, 4) is 0 Å². The minimum Gasteiger partial charge on any atom is -0.479 e. The third kappa shape index (κ3) is 8.97. The van der Waals surface area contributed by atoms with Gasteiger partial charge in [0.05, 0.1) is 19.5 Å². The first-order valence-corrected chi connectivity index (χ1v) is 11.3. The normalized spacial score (nSPS) is 13.3. The minimum absolute atomic E-state index is 0.286. The predicted octanol–water partition coefficient (Wildman–Crippen LogP) is 4.33. The van der Waals surface area contributed by atoms with Gasteiger partial charge in [0.2, 0.25) is 0 Å². The van der Waals surface area contributed by atoms with Crippen LogP contribution in [0.25, 0.3) is 0 Å². The maximum Gasteiger partial charge on any atom is 0.335 e. The number of carbonyl (C=O) groups is 2. The third-order valence-electron chi connectivity index (χ3n) is 4.51. The van der Waals surface area contributed by atoms with Gasteiger partial charge in [0.15, 0.2) is 12.2 Å². The number of ether oxygens (including phenoxy) is 1. The summed E-state index contributed by atoms with van der Waals surface area (Å²) in [5, 5.41) is 34.8. The van der Waals surface area contributed by atoms with Crippen molar-refractivity contribution in [3.63, 3.8) is 0 Å². The van der Waals surface area contributed by atoms with Crippen LogP contribution in [0, 0.1) is 0 Å². The molecule has 0 aliphatic carbocycles.